The van der Waals surface area contributed by atoms with Crippen molar-refractivity contribution in [3.63, 3.8) is 0 Å². The molecule has 0 saturated carbocycles. The fourth-order valence-electron chi connectivity index (χ4n) is 3.86. The van der Waals surface area contributed by atoms with Gasteiger partial charge in [0.15, 0.2) is 0 Å². The number of alkyl carbamates (subject to hydrolysis) is 1. The molecule has 0 aliphatic carbocycles. The molecule has 7 heteroatoms. The first-order valence-electron chi connectivity index (χ1n) is 11.9. The smallest absolute Gasteiger partial charge is 0.408 e. The number of nitrogens with zero attached hydrogens (tertiary/aromatic N) is 1. The summed E-state index contributed by atoms with van der Waals surface area (Å²) in [6.07, 6.45) is 1.33. The number of rotatable bonds is 10. The number of aryl methyl sites for hydroxylation is 2. The fourth-order valence-corrected chi connectivity index (χ4v) is 3.86. The van der Waals surface area contributed by atoms with Gasteiger partial charge in [-0.3, -0.25) is 9.59 Å². The molecule has 0 fully saturated rings. The average molecular weight is 474 g/mol. The third-order valence-electron chi connectivity index (χ3n) is 5.11. The van der Waals surface area contributed by atoms with E-state index in [0.29, 0.717) is 6.42 Å². The van der Waals surface area contributed by atoms with E-state index in [9.17, 15) is 14.4 Å². The van der Waals surface area contributed by atoms with E-state index in [1.54, 1.807) is 26.8 Å². The molecule has 34 heavy (non-hydrogen) atoms. The molecule has 1 aromatic carbocycles. The van der Waals surface area contributed by atoms with Crippen LogP contribution in [0.5, 0.6) is 0 Å². The average Bonchev–Trinajstić information content (AvgIpc) is 2.66. The molecule has 0 saturated heterocycles. The maximum Gasteiger partial charge on any atom is 0.408 e. The summed E-state index contributed by atoms with van der Waals surface area (Å²) in [5, 5.41) is 5.70. The highest BCUT2D eigenvalue weighted by molar-refractivity contribution is 5.92. The van der Waals surface area contributed by atoms with Crippen molar-refractivity contribution in [2.75, 3.05) is 6.54 Å². The number of carbonyl (C=O) groups excluding carboxylic acids is 3. The molecule has 0 radical (unpaired) electrons. The molecular weight excluding hydrogens is 430 g/mol. The zero-order valence-electron chi connectivity index (χ0n) is 22.3. The summed E-state index contributed by atoms with van der Waals surface area (Å²) in [5.41, 5.74) is 1.89. The van der Waals surface area contributed by atoms with E-state index in [4.69, 9.17) is 4.74 Å². The van der Waals surface area contributed by atoms with Gasteiger partial charge in [-0.25, -0.2) is 4.79 Å². The normalized spacial score (nSPS) is 13.3. The molecule has 2 atom stereocenters. The van der Waals surface area contributed by atoms with Crippen molar-refractivity contribution in [2.24, 2.45) is 5.92 Å². The Hall–Kier alpha value is -2.83. The first-order chi connectivity index (χ1) is 15.7. The lowest BCUT2D eigenvalue weighted by Gasteiger charge is -2.35. The molecule has 0 bridgehead atoms. The van der Waals surface area contributed by atoms with Gasteiger partial charge in [0.2, 0.25) is 11.8 Å². The maximum absolute atomic E-state index is 13.9. The van der Waals surface area contributed by atoms with Crippen molar-refractivity contribution in [3.05, 3.63) is 47.5 Å². The minimum absolute atomic E-state index is 0.105. The predicted octanol–water partition coefficient (Wildman–Crippen LogP) is 4.82. The van der Waals surface area contributed by atoms with E-state index in [1.807, 2.05) is 59.7 Å². The zero-order chi connectivity index (χ0) is 26.2. The van der Waals surface area contributed by atoms with Crippen LogP contribution < -0.4 is 10.6 Å². The topological polar surface area (TPSA) is 87.7 Å². The lowest BCUT2D eigenvalue weighted by atomic mass is 9.93. The van der Waals surface area contributed by atoms with Gasteiger partial charge in [-0.2, -0.15) is 0 Å². The van der Waals surface area contributed by atoms with Crippen LogP contribution in [0.25, 0.3) is 0 Å². The van der Waals surface area contributed by atoms with Crippen LogP contribution in [-0.2, 0) is 14.3 Å². The Kier molecular flexibility index (Phi) is 10.8. The van der Waals surface area contributed by atoms with E-state index in [2.05, 4.69) is 17.2 Å². The van der Waals surface area contributed by atoms with Crippen molar-refractivity contribution in [1.82, 2.24) is 15.5 Å². The molecule has 2 unspecified atom stereocenters. The summed E-state index contributed by atoms with van der Waals surface area (Å²) in [7, 11) is 0. The Labute approximate surface area is 205 Å². The highest BCUT2D eigenvalue weighted by Gasteiger charge is 2.37. The van der Waals surface area contributed by atoms with Crippen molar-refractivity contribution in [1.29, 1.82) is 0 Å². The number of nitrogens with one attached hydrogen (secondary N) is 2. The van der Waals surface area contributed by atoms with Gasteiger partial charge < -0.3 is 20.3 Å². The van der Waals surface area contributed by atoms with Gasteiger partial charge in [0, 0.05) is 12.6 Å². The molecule has 190 valence electrons. The standard InChI is InChI=1S/C27H43N3O4/c1-11-15-30(25(32)21(16-17(2)3)29-26(33)34-27(8,9)10)23(24(31)28-18(4)5)22-19(6)13-12-14-20(22)7/h11-14,17-18,21,23H,1,15-16H2,2-10H3,(H,28,31)(H,29,33). The summed E-state index contributed by atoms with van der Waals surface area (Å²) >= 11 is 0. The van der Waals surface area contributed by atoms with Gasteiger partial charge in [-0.05, 0) is 77.5 Å². The van der Waals surface area contributed by atoms with Crippen molar-refractivity contribution in [2.45, 2.75) is 92.5 Å². The van der Waals surface area contributed by atoms with Gasteiger partial charge >= 0.3 is 6.09 Å². The van der Waals surface area contributed by atoms with Crippen LogP contribution in [0.4, 0.5) is 4.79 Å². The lowest BCUT2D eigenvalue weighted by Crippen LogP contribution is -2.54. The molecule has 2 N–H and O–H groups in total. The Balaban J connectivity index is 3.53. The SMILES string of the molecule is C=CCN(C(=O)C(CC(C)C)NC(=O)OC(C)(C)C)C(C(=O)NC(C)C)c1c(C)cccc1C. The first-order valence-corrected chi connectivity index (χ1v) is 11.9. The second-order valence-corrected chi connectivity index (χ2v) is 10.5. The lowest BCUT2D eigenvalue weighted by molar-refractivity contribution is -0.142. The monoisotopic (exact) mass is 473 g/mol. The maximum atomic E-state index is 13.9. The second-order valence-electron chi connectivity index (χ2n) is 10.5. The predicted molar refractivity (Wildman–Crippen MR) is 136 cm³/mol. The van der Waals surface area contributed by atoms with E-state index in [0.717, 1.165) is 16.7 Å². The minimum Gasteiger partial charge on any atom is -0.444 e. The number of amides is 3. The van der Waals surface area contributed by atoms with Gasteiger partial charge in [0.25, 0.3) is 0 Å². The second kappa shape index (κ2) is 12.6. The molecule has 0 aliphatic heterocycles. The molecule has 0 spiro atoms. The van der Waals surface area contributed by atoms with Gasteiger partial charge in [0.1, 0.15) is 17.7 Å². The number of hydrogen-bond donors (Lipinski definition) is 2. The summed E-state index contributed by atoms with van der Waals surface area (Å²) in [5.74, 6) is -0.508. The molecular formula is C27H43N3O4. The Bertz CT molecular complexity index is 851. The molecule has 1 aromatic rings. The number of benzene rings is 1. The van der Waals surface area contributed by atoms with Crippen LogP contribution >= 0.6 is 0 Å². The van der Waals surface area contributed by atoms with E-state index in [1.165, 1.54) is 4.90 Å². The first kappa shape index (κ1) is 29.2. The Morgan fingerprint density at radius 1 is 1.06 bits per heavy atom. The quantitative estimate of drug-likeness (QED) is 0.477. The highest BCUT2D eigenvalue weighted by atomic mass is 16.6. The van der Waals surface area contributed by atoms with Crippen molar-refractivity contribution >= 4 is 17.9 Å². The third kappa shape index (κ3) is 8.84. The minimum atomic E-state index is -0.871. The van der Waals surface area contributed by atoms with E-state index in [-0.39, 0.29) is 30.3 Å². The van der Waals surface area contributed by atoms with Gasteiger partial charge in [-0.1, -0.05) is 38.1 Å². The summed E-state index contributed by atoms with van der Waals surface area (Å²) in [6, 6.07) is 3.96. The van der Waals surface area contributed by atoms with E-state index < -0.39 is 23.8 Å². The number of carbonyl (C=O) groups is 3. The van der Waals surface area contributed by atoms with Gasteiger partial charge in [0.05, 0.1) is 0 Å². The molecule has 7 nitrogen and oxygen atoms in total. The molecule has 1 rings (SSSR count). The van der Waals surface area contributed by atoms with Crippen LogP contribution in [0, 0.1) is 19.8 Å². The van der Waals surface area contributed by atoms with Crippen molar-refractivity contribution < 1.29 is 19.1 Å². The van der Waals surface area contributed by atoms with Crippen LogP contribution in [0.15, 0.2) is 30.9 Å². The van der Waals surface area contributed by atoms with Crippen LogP contribution in [0.1, 0.15) is 77.6 Å². The zero-order valence-corrected chi connectivity index (χ0v) is 22.3. The Morgan fingerprint density at radius 2 is 1.62 bits per heavy atom. The highest BCUT2D eigenvalue weighted by Crippen LogP contribution is 2.29. The fraction of sp³-hybridized carbons (Fsp3) is 0.593. The summed E-state index contributed by atoms with van der Waals surface area (Å²) in [4.78, 5) is 41.5. The van der Waals surface area contributed by atoms with Crippen LogP contribution in [0.2, 0.25) is 0 Å². The van der Waals surface area contributed by atoms with E-state index >= 15 is 0 Å². The van der Waals surface area contributed by atoms with Gasteiger partial charge in [-0.15, -0.1) is 6.58 Å². The molecule has 0 aromatic heterocycles. The van der Waals surface area contributed by atoms with Crippen LogP contribution in [0.3, 0.4) is 0 Å². The number of hydrogen-bond acceptors (Lipinski definition) is 4. The van der Waals surface area contributed by atoms with Crippen LogP contribution in [-0.4, -0.2) is 47.0 Å². The summed E-state index contributed by atoms with van der Waals surface area (Å²) in [6.45, 7) is 20.8. The van der Waals surface area contributed by atoms with Crippen molar-refractivity contribution in [3.8, 4) is 0 Å². The Morgan fingerprint density at radius 3 is 2.06 bits per heavy atom. The molecule has 0 heterocycles. The molecule has 3 amide bonds. The third-order valence-corrected chi connectivity index (χ3v) is 5.11. The largest absolute Gasteiger partial charge is 0.444 e. The molecule has 0 aliphatic rings. The number of ether oxygens (including phenoxy) is 1. The summed E-state index contributed by atoms with van der Waals surface area (Å²) < 4.78 is 5.40.